The van der Waals surface area contributed by atoms with Crippen molar-refractivity contribution >= 4 is 11.0 Å². The molecule has 10 nitrogen and oxygen atoms in total. The first kappa shape index (κ1) is 46.3. The summed E-state index contributed by atoms with van der Waals surface area (Å²) >= 11 is 0. The molecule has 0 unspecified atom stereocenters. The number of fused-ring (bicyclic) bond motifs is 1. The third-order valence-corrected chi connectivity index (χ3v) is 11.4. The lowest BCUT2D eigenvalue weighted by Gasteiger charge is -2.45. The van der Waals surface area contributed by atoms with E-state index in [2.05, 4.69) is 6.92 Å². The van der Waals surface area contributed by atoms with Crippen LogP contribution < -0.4 is 19.8 Å². The summed E-state index contributed by atoms with van der Waals surface area (Å²) < 4.78 is 59.2. The van der Waals surface area contributed by atoms with E-state index in [1.807, 2.05) is 158 Å². The van der Waals surface area contributed by atoms with Crippen LogP contribution in [0.15, 0.2) is 179 Å². The van der Waals surface area contributed by atoms with Crippen molar-refractivity contribution < 1.29 is 42.3 Å². The fraction of sp³-hybridized carbons (Fsp3) is 0.304. The summed E-state index contributed by atoms with van der Waals surface area (Å²) in [6.45, 7) is 4.10. The molecule has 7 aromatic rings. The molecule has 10 heteroatoms. The second-order valence-electron chi connectivity index (χ2n) is 16.3. The predicted octanol–water partition coefficient (Wildman–Crippen LogP) is 11.4. The second kappa shape index (κ2) is 24.3. The second-order valence-corrected chi connectivity index (χ2v) is 16.3. The van der Waals surface area contributed by atoms with E-state index in [4.69, 9.17) is 42.3 Å². The topological polar surface area (TPSA) is 104 Å². The van der Waals surface area contributed by atoms with Crippen LogP contribution in [0.2, 0.25) is 0 Å². The molecule has 1 aliphatic rings. The van der Waals surface area contributed by atoms with Crippen molar-refractivity contribution in [2.75, 3.05) is 13.2 Å². The Balaban J connectivity index is 1.14. The van der Waals surface area contributed by atoms with Gasteiger partial charge in [0.2, 0.25) is 12.0 Å². The molecule has 0 saturated carbocycles. The Bertz CT molecular complexity index is 2540. The maximum absolute atomic E-state index is 13.7. The highest BCUT2D eigenvalue weighted by atomic mass is 16.7. The van der Waals surface area contributed by atoms with Gasteiger partial charge in [-0.15, -0.1) is 0 Å². The lowest BCUT2D eigenvalue weighted by atomic mass is 9.97. The number of rotatable bonds is 24. The van der Waals surface area contributed by atoms with E-state index in [0.29, 0.717) is 36.7 Å². The van der Waals surface area contributed by atoms with Gasteiger partial charge < -0.3 is 42.3 Å². The highest BCUT2D eigenvalue weighted by molar-refractivity contribution is 5.86. The molecule has 342 valence electrons. The van der Waals surface area contributed by atoms with Gasteiger partial charge in [0, 0.05) is 6.07 Å². The van der Waals surface area contributed by atoms with E-state index < -0.39 is 36.3 Å². The highest BCUT2D eigenvalue weighted by Crippen LogP contribution is 2.37. The fourth-order valence-electron chi connectivity index (χ4n) is 7.89. The molecule has 2 heterocycles. The van der Waals surface area contributed by atoms with E-state index in [-0.39, 0.29) is 37.8 Å². The molecule has 6 aromatic carbocycles. The van der Waals surface area contributed by atoms with E-state index >= 15 is 0 Å². The number of benzene rings is 6. The Labute approximate surface area is 386 Å². The summed E-state index contributed by atoms with van der Waals surface area (Å²) in [6, 6.07) is 55.0. The zero-order valence-corrected chi connectivity index (χ0v) is 37.4. The van der Waals surface area contributed by atoms with Crippen molar-refractivity contribution in [3.63, 3.8) is 0 Å². The van der Waals surface area contributed by atoms with Gasteiger partial charge in [-0.25, -0.2) is 4.79 Å². The first-order chi connectivity index (χ1) is 32.6. The van der Waals surface area contributed by atoms with Crippen LogP contribution >= 0.6 is 0 Å². The predicted molar refractivity (Wildman–Crippen MR) is 253 cm³/mol. The van der Waals surface area contributed by atoms with Gasteiger partial charge in [0.1, 0.15) is 42.4 Å². The molecule has 66 heavy (non-hydrogen) atoms. The summed E-state index contributed by atoms with van der Waals surface area (Å²) in [5.74, 6) is 0.737. The molecule has 1 aromatic heterocycles. The molecule has 1 fully saturated rings. The molecule has 5 atom stereocenters. The van der Waals surface area contributed by atoms with Gasteiger partial charge in [0.05, 0.1) is 45.0 Å². The van der Waals surface area contributed by atoms with Crippen LogP contribution in [0.4, 0.5) is 0 Å². The highest BCUT2D eigenvalue weighted by Gasteiger charge is 2.50. The van der Waals surface area contributed by atoms with E-state index in [1.54, 1.807) is 12.1 Å². The van der Waals surface area contributed by atoms with E-state index in [9.17, 15) is 4.79 Å². The number of ether oxygens (including phenoxy) is 8. The van der Waals surface area contributed by atoms with E-state index in [1.165, 1.54) is 0 Å². The Hall–Kier alpha value is -6.27. The molecule has 0 spiro atoms. The largest absolute Gasteiger partial charge is 0.484 e. The lowest BCUT2D eigenvalue weighted by Crippen LogP contribution is -2.62. The van der Waals surface area contributed by atoms with Crippen molar-refractivity contribution in [3.05, 3.63) is 208 Å². The molecule has 0 aliphatic carbocycles. The summed E-state index contributed by atoms with van der Waals surface area (Å²) in [5, 5.41) is 0.563. The summed E-state index contributed by atoms with van der Waals surface area (Å²) in [6.07, 6.45) is 0.128. The fourth-order valence-corrected chi connectivity index (χ4v) is 7.89. The van der Waals surface area contributed by atoms with Crippen LogP contribution in [-0.2, 0) is 56.7 Å². The lowest BCUT2D eigenvalue weighted by molar-refractivity contribution is -0.310. The van der Waals surface area contributed by atoms with E-state index in [0.717, 1.165) is 53.5 Å². The van der Waals surface area contributed by atoms with Crippen LogP contribution in [0, 0.1) is 0 Å². The van der Waals surface area contributed by atoms with Gasteiger partial charge in [-0.1, -0.05) is 178 Å². The maximum Gasteiger partial charge on any atom is 0.383 e. The van der Waals surface area contributed by atoms with Crippen molar-refractivity contribution in [2.24, 2.45) is 0 Å². The van der Waals surface area contributed by atoms with Crippen molar-refractivity contribution in [3.8, 4) is 17.2 Å². The zero-order chi connectivity index (χ0) is 45.2. The normalized spacial score (nSPS) is 18.2. The van der Waals surface area contributed by atoms with Crippen LogP contribution in [0.5, 0.6) is 17.2 Å². The summed E-state index contributed by atoms with van der Waals surface area (Å²) in [4.78, 5) is 13.7. The number of hydrogen-bond acceptors (Lipinski definition) is 10. The van der Waals surface area contributed by atoms with Crippen LogP contribution in [0.3, 0.4) is 0 Å². The monoisotopic (exact) mass is 890 g/mol. The Morgan fingerprint density at radius 3 is 1.58 bits per heavy atom. The van der Waals surface area contributed by atoms with Crippen LogP contribution in [-0.4, -0.2) is 43.9 Å². The number of unbranched alkanes of at least 4 members (excludes halogenated alkanes) is 3. The average Bonchev–Trinajstić information content (AvgIpc) is 3.36. The van der Waals surface area contributed by atoms with Crippen LogP contribution in [0.1, 0.15) is 60.4 Å². The summed E-state index contributed by atoms with van der Waals surface area (Å²) in [5.41, 5.74) is 4.55. The molecule has 1 saturated heterocycles. The first-order valence-corrected chi connectivity index (χ1v) is 22.9. The minimum atomic E-state index is -1.03. The van der Waals surface area contributed by atoms with Gasteiger partial charge in [0.25, 0.3) is 0 Å². The maximum atomic E-state index is 13.7. The Morgan fingerprint density at radius 1 is 0.500 bits per heavy atom. The molecule has 1 aliphatic heterocycles. The molecular formula is C56H58O10. The molecule has 0 bridgehead atoms. The molecular weight excluding hydrogens is 833 g/mol. The Morgan fingerprint density at radius 2 is 1.02 bits per heavy atom. The van der Waals surface area contributed by atoms with Gasteiger partial charge in [-0.05, 0) is 46.4 Å². The minimum Gasteiger partial charge on any atom is -0.484 e. The minimum absolute atomic E-state index is 0.0480. The Kier molecular flexibility index (Phi) is 17.0. The van der Waals surface area contributed by atoms with Gasteiger partial charge in [-0.2, -0.15) is 0 Å². The smallest absolute Gasteiger partial charge is 0.383 e. The number of hydrogen-bond donors (Lipinski definition) is 0. The molecule has 0 N–H and O–H groups in total. The average molecular weight is 891 g/mol. The van der Waals surface area contributed by atoms with Crippen molar-refractivity contribution in [1.82, 2.24) is 0 Å². The molecule has 0 radical (unpaired) electrons. The summed E-state index contributed by atoms with van der Waals surface area (Å²) in [7, 11) is 0. The standard InChI is InChI=1S/C56H58O10/c1-2-3-4-20-33-59-53-50(60-36-42-23-12-6-13-24-42)47-32-31-46(34-48(47)65-55(53)57)64-56-54(63-39-45-29-18-9-19-30-45)52(62-38-44-27-16-8-17-28-44)51(61-37-43-25-14-7-15-26-43)49(66-56)40-58-35-41-21-10-5-11-22-41/h5-19,21-32,34,49,51-52,54,56H,2-4,20,33,35-40H2,1H3/t49-,51+,52+,54-,56-/m1/s1. The first-order valence-electron chi connectivity index (χ1n) is 22.9. The molecule has 0 amide bonds. The SMILES string of the molecule is CCCCCCOc1c(OCc2ccccc2)c2ccc(O[C@@H]3O[C@H](COCc4ccccc4)[C@H](OCc4ccccc4)[C@H](OCc4ccccc4)[C@H]3OCc3ccccc3)cc2oc1=O. The van der Waals surface area contributed by atoms with Gasteiger partial charge in [0.15, 0.2) is 5.75 Å². The van der Waals surface area contributed by atoms with Crippen molar-refractivity contribution in [1.29, 1.82) is 0 Å². The third-order valence-electron chi connectivity index (χ3n) is 11.4. The zero-order valence-electron chi connectivity index (χ0n) is 37.4. The van der Waals surface area contributed by atoms with Crippen molar-refractivity contribution in [2.45, 2.75) is 96.3 Å². The quantitative estimate of drug-likeness (QED) is 0.0430. The molecule has 8 rings (SSSR count). The van der Waals surface area contributed by atoms with Crippen LogP contribution in [0.25, 0.3) is 11.0 Å². The third kappa shape index (κ3) is 13.0. The van der Waals surface area contributed by atoms with Gasteiger partial charge in [-0.3, -0.25) is 0 Å². The van der Waals surface area contributed by atoms with Gasteiger partial charge >= 0.3 is 5.63 Å².